The Bertz CT molecular complexity index is 2770. The van der Waals surface area contributed by atoms with Gasteiger partial charge in [-0.1, -0.05) is 146 Å². The number of hydrogen-bond acceptors (Lipinski definition) is 5. The number of hydrogen-bond donors (Lipinski definition) is 1. The third kappa shape index (κ3) is 4.94. The minimum Gasteiger partial charge on any atom is -0.344 e. The molecule has 0 saturated heterocycles. The Morgan fingerprint density at radius 3 is 1.98 bits per heavy atom. The largest absolute Gasteiger partial charge is 0.344 e. The molecule has 9 aromatic rings. The molecular weight excluding hydrogens is 647 g/mol. The van der Waals surface area contributed by atoms with E-state index in [0.29, 0.717) is 0 Å². The first-order valence-corrected chi connectivity index (χ1v) is 18.4. The van der Waals surface area contributed by atoms with Crippen LogP contribution in [0.4, 0.5) is 0 Å². The molecule has 0 aliphatic carbocycles. The molecular formula is C45H29N3S2. The van der Waals surface area contributed by atoms with E-state index in [0.717, 1.165) is 28.4 Å². The van der Waals surface area contributed by atoms with Crippen LogP contribution < -0.4 is 5.32 Å². The zero-order valence-corrected chi connectivity index (χ0v) is 28.5. The van der Waals surface area contributed by atoms with Crippen molar-refractivity contribution >= 4 is 74.7 Å². The summed E-state index contributed by atoms with van der Waals surface area (Å²) in [5, 5.41) is 8.89. The Kier molecular flexibility index (Phi) is 6.93. The van der Waals surface area contributed by atoms with Gasteiger partial charge in [0.25, 0.3) is 0 Å². The van der Waals surface area contributed by atoms with E-state index in [4.69, 9.17) is 9.98 Å². The fourth-order valence-corrected chi connectivity index (χ4v) is 9.53. The van der Waals surface area contributed by atoms with Crippen molar-refractivity contribution < 1.29 is 0 Å². The average Bonchev–Trinajstić information content (AvgIpc) is 3.77. The number of thiophene rings is 2. The van der Waals surface area contributed by atoms with Crippen LogP contribution >= 0.6 is 22.7 Å². The number of fused-ring (bicyclic) bond motifs is 6. The summed E-state index contributed by atoms with van der Waals surface area (Å²) in [4.78, 5) is 10.2. The van der Waals surface area contributed by atoms with Crippen LogP contribution in [0.25, 0.3) is 62.6 Å². The van der Waals surface area contributed by atoms with Gasteiger partial charge in [-0.25, -0.2) is 9.98 Å². The molecule has 7 aromatic carbocycles. The molecule has 3 nitrogen and oxygen atoms in total. The lowest BCUT2D eigenvalue weighted by Crippen LogP contribution is -2.33. The van der Waals surface area contributed by atoms with Crippen LogP contribution in [-0.4, -0.2) is 11.7 Å². The third-order valence-corrected chi connectivity index (χ3v) is 11.9. The van der Waals surface area contributed by atoms with Gasteiger partial charge in [-0.3, -0.25) is 0 Å². The molecule has 10 rings (SSSR count). The quantitative estimate of drug-likeness (QED) is 0.194. The van der Waals surface area contributed by atoms with Gasteiger partial charge in [-0.15, -0.1) is 22.7 Å². The first kappa shape index (κ1) is 29.1. The molecule has 0 fully saturated rings. The Labute approximate surface area is 297 Å². The molecule has 0 bridgehead atoms. The summed E-state index contributed by atoms with van der Waals surface area (Å²) >= 11 is 3.73. The van der Waals surface area contributed by atoms with Gasteiger partial charge in [-0.2, -0.15) is 0 Å². The Balaban J connectivity index is 1.08. The van der Waals surface area contributed by atoms with Crippen LogP contribution in [0, 0.1) is 0 Å². The highest BCUT2D eigenvalue weighted by molar-refractivity contribution is 7.26. The number of nitrogens with one attached hydrogen (secondary N) is 1. The summed E-state index contributed by atoms with van der Waals surface area (Å²) in [6, 6.07) is 58.4. The van der Waals surface area contributed by atoms with Gasteiger partial charge in [0.2, 0.25) is 0 Å². The lowest BCUT2D eigenvalue weighted by molar-refractivity contribution is 0.674. The second-order valence-corrected chi connectivity index (χ2v) is 14.7. The second kappa shape index (κ2) is 11.9. The predicted octanol–water partition coefficient (Wildman–Crippen LogP) is 12.3. The van der Waals surface area contributed by atoms with Gasteiger partial charge >= 0.3 is 0 Å². The molecule has 1 aliphatic heterocycles. The zero-order chi connectivity index (χ0) is 33.0. The third-order valence-electron chi connectivity index (χ3n) is 9.57. The van der Waals surface area contributed by atoms with Crippen molar-refractivity contribution in [2.45, 2.75) is 6.17 Å². The maximum atomic E-state index is 5.14. The maximum Gasteiger partial charge on any atom is 0.159 e. The van der Waals surface area contributed by atoms with Crippen molar-refractivity contribution in [3.8, 4) is 22.3 Å². The van der Waals surface area contributed by atoms with Gasteiger partial charge in [0, 0.05) is 57.0 Å². The number of amidine groups is 2. The van der Waals surface area contributed by atoms with Crippen molar-refractivity contribution in [2.24, 2.45) is 9.98 Å². The van der Waals surface area contributed by atoms with Crippen molar-refractivity contribution in [2.75, 3.05) is 0 Å². The molecule has 3 heterocycles. The van der Waals surface area contributed by atoms with Crippen molar-refractivity contribution in [1.82, 2.24) is 5.32 Å². The van der Waals surface area contributed by atoms with E-state index in [9.17, 15) is 0 Å². The normalized spacial score (nSPS) is 14.6. The molecule has 236 valence electrons. The van der Waals surface area contributed by atoms with Crippen LogP contribution in [-0.2, 0) is 0 Å². The summed E-state index contributed by atoms with van der Waals surface area (Å²) in [5.74, 6) is 1.55. The maximum absolute atomic E-state index is 5.14. The summed E-state index contributed by atoms with van der Waals surface area (Å²) in [6.07, 6.45) is -0.251. The zero-order valence-electron chi connectivity index (χ0n) is 26.9. The van der Waals surface area contributed by atoms with Gasteiger partial charge in [0.05, 0.1) is 0 Å². The van der Waals surface area contributed by atoms with Crippen LogP contribution in [0.15, 0.2) is 174 Å². The molecule has 5 heteroatoms. The highest BCUT2D eigenvalue weighted by Gasteiger charge is 2.22. The Hall–Kier alpha value is -5.88. The molecule has 1 aliphatic rings. The lowest BCUT2D eigenvalue weighted by Gasteiger charge is -2.23. The standard InChI is InChI=1S/C45H29N3S2/c1-3-11-28(12-4-1)29-21-23-31(24-22-29)44-46-43(30-13-5-2-6-14-30)47-45(48-44)32-25-26-37-40(27-32)49-39-20-10-16-34(41(37)39)36-18-9-17-35-33-15-7-8-19-38(33)50-42(35)36/h1-27,43H,(H,46,47,48). The molecule has 1 N–H and O–H groups in total. The van der Waals surface area contributed by atoms with E-state index in [1.54, 1.807) is 0 Å². The molecule has 2 aromatic heterocycles. The van der Waals surface area contributed by atoms with Crippen LogP contribution in [0.1, 0.15) is 22.9 Å². The minimum absolute atomic E-state index is 0.251. The topological polar surface area (TPSA) is 36.8 Å². The summed E-state index contributed by atoms with van der Waals surface area (Å²) in [5.41, 5.74) is 8.08. The fourth-order valence-electron chi connectivity index (χ4n) is 7.13. The van der Waals surface area contributed by atoms with Gasteiger partial charge in [0.15, 0.2) is 5.84 Å². The van der Waals surface area contributed by atoms with Crippen LogP contribution in [0.2, 0.25) is 0 Å². The molecule has 0 radical (unpaired) electrons. The lowest BCUT2D eigenvalue weighted by atomic mass is 9.97. The smallest absolute Gasteiger partial charge is 0.159 e. The summed E-state index contributed by atoms with van der Waals surface area (Å²) < 4.78 is 5.19. The second-order valence-electron chi connectivity index (χ2n) is 12.6. The van der Waals surface area contributed by atoms with E-state index < -0.39 is 0 Å². The molecule has 50 heavy (non-hydrogen) atoms. The van der Waals surface area contributed by atoms with Crippen LogP contribution in [0.3, 0.4) is 0 Å². The highest BCUT2D eigenvalue weighted by Crippen LogP contribution is 2.45. The van der Waals surface area contributed by atoms with Crippen molar-refractivity contribution in [1.29, 1.82) is 0 Å². The number of aliphatic imine (C=N–C) groups is 2. The highest BCUT2D eigenvalue weighted by atomic mass is 32.1. The van der Waals surface area contributed by atoms with E-state index in [1.165, 1.54) is 62.6 Å². The Morgan fingerprint density at radius 1 is 0.460 bits per heavy atom. The molecule has 1 atom stereocenters. The van der Waals surface area contributed by atoms with Gasteiger partial charge < -0.3 is 5.32 Å². The van der Waals surface area contributed by atoms with E-state index in [-0.39, 0.29) is 6.17 Å². The number of benzene rings is 7. The molecule has 1 unspecified atom stereocenters. The molecule has 0 spiro atoms. The van der Waals surface area contributed by atoms with Crippen LogP contribution in [0.5, 0.6) is 0 Å². The van der Waals surface area contributed by atoms with E-state index in [2.05, 4.69) is 157 Å². The monoisotopic (exact) mass is 675 g/mol. The van der Waals surface area contributed by atoms with Gasteiger partial charge in [0.1, 0.15) is 12.0 Å². The average molecular weight is 676 g/mol. The molecule has 0 amide bonds. The van der Waals surface area contributed by atoms with Gasteiger partial charge in [-0.05, 0) is 40.5 Å². The summed E-state index contributed by atoms with van der Waals surface area (Å²) in [6.45, 7) is 0. The summed E-state index contributed by atoms with van der Waals surface area (Å²) in [7, 11) is 0. The number of nitrogens with zero attached hydrogens (tertiary/aromatic N) is 2. The van der Waals surface area contributed by atoms with Crippen molar-refractivity contribution in [3.05, 3.63) is 180 Å². The Morgan fingerprint density at radius 2 is 1.12 bits per heavy atom. The SMILES string of the molecule is c1ccc(-c2ccc(C3=NC(c4ccccc4)NC(c4ccc5c(c4)sc4cccc(-c6cccc7c6sc6ccccc67)c45)=N3)cc2)cc1. The van der Waals surface area contributed by atoms with E-state index >= 15 is 0 Å². The van der Waals surface area contributed by atoms with E-state index in [1.807, 2.05) is 34.8 Å². The first-order valence-electron chi connectivity index (χ1n) is 16.8. The predicted molar refractivity (Wildman–Crippen MR) is 215 cm³/mol. The minimum atomic E-state index is -0.251. The number of rotatable bonds is 5. The first-order chi connectivity index (χ1) is 24.8. The van der Waals surface area contributed by atoms with Crippen molar-refractivity contribution in [3.63, 3.8) is 0 Å². The molecule has 0 saturated carbocycles. The fraction of sp³-hybridized carbons (Fsp3) is 0.0222.